The van der Waals surface area contributed by atoms with Crippen LogP contribution in [0.1, 0.15) is 84.8 Å². The lowest BCUT2D eigenvalue weighted by molar-refractivity contribution is -0.123. The molecule has 0 unspecified atom stereocenters. The third-order valence-electron chi connectivity index (χ3n) is 9.84. The fraction of sp³-hybridized carbons (Fsp3) is 0.421. The molecule has 45 heavy (non-hydrogen) atoms. The van der Waals surface area contributed by atoms with Crippen LogP contribution in [0.15, 0.2) is 66.7 Å². The molecular weight excluding hydrogens is 565 g/mol. The zero-order valence-electron chi connectivity index (χ0n) is 27.0. The summed E-state index contributed by atoms with van der Waals surface area (Å²) in [6.45, 7) is 13.1. The summed E-state index contributed by atoms with van der Waals surface area (Å²) in [5.74, 6) is -1.54. The van der Waals surface area contributed by atoms with Gasteiger partial charge in [-0.3, -0.25) is 14.5 Å². The number of ether oxygens (including phenoxy) is 1. The van der Waals surface area contributed by atoms with Crippen LogP contribution in [-0.2, 0) is 22.5 Å². The second-order valence-corrected chi connectivity index (χ2v) is 13.6. The topological polar surface area (TPSA) is 61.9 Å². The maximum absolute atomic E-state index is 15.1. The summed E-state index contributed by atoms with van der Waals surface area (Å²) in [4.78, 5) is 32.3. The number of halogens is 1. The van der Waals surface area contributed by atoms with E-state index < -0.39 is 17.8 Å². The predicted molar refractivity (Wildman–Crippen MR) is 176 cm³/mol. The first-order valence-corrected chi connectivity index (χ1v) is 16.1. The van der Waals surface area contributed by atoms with E-state index in [0.717, 1.165) is 41.9 Å². The van der Waals surface area contributed by atoms with E-state index in [0.29, 0.717) is 31.6 Å². The monoisotopic (exact) mass is 609 g/mol. The molecule has 2 saturated heterocycles. The third kappa shape index (κ3) is 6.34. The van der Waals surface area contributed by atoms with Gasteiger partial charge in [0.1, 0.15) is 5.82 Å². The van der Waals surface area contributed by atoms with Crippen molar-refractivity contribution in [2.24, 2.45) is 5.92 Å². The molecule has 2 fully saturated rings. The quantitative estimate of drug-likeness (QED) is 0.318. The van der Waals surface area contributed by atoms with Gasteiger partial charge in [-0.15, -0.1) is 0 Å². The highest BCUT2D eigenvalue weighted by molar-refractivity contribution is 5.98. The number of aryl methyl sites for hydroxylation is 1. The van der Waals surface area contributed by atoms with Gasteiger partial charge in [0, 0.05) is 30.9 Å². The van der Waals surface area contributed by atoms with Crippen molar-refractivity contribution in [2.75, 3.05) is 25.0 Å². The van der Waals surface area contributed by atoms with Gasteiger partial charge in [-0.2, -0.15) is 0 Å². The molecule has 0 bridgehead atoms. The van der Waals surface area contributed by atoms with Crippen molar-refractivity contribution < 1.29 is 18.7 Å². The number of piperidine rings is 1. The Balaban J connectivity index is 1.31. The van der Waals surface area contributed by atoms with E-state index in [-0.39, 0.29) is 29.0 Å². The van der Waals surface area contributed by atoms with Crippen LogP contribution in [0.2, 0.25) is 0 Å². The van der Waals surface area contributed by atoms with E-state index in [1.165, 1.54) is 17.2 Å². The van der Waals surface area contributed by atoms with Crippen LogP contribution in [0.25, 0.3) is 5.57 Å². The molecule has 7 heteroatoms. The molecule has 0 aromatic heterocycles. The van der Waals surface area contributed by atoms with Crippen molar-refractivity contribution in [3.05, 3.63) is 106 Å². The Morgan fingerprint density at radius 2 is 1.84 bits per heavy atom. The highest BCUT2D eigenvalue weighted by Gasteiger charge is 2.41. The number of nitrogens with zero attached hydrogens (tertiary/aromatic N) is 2. The average Bonchev–Trinajstić information content (AvgIpc) is 3.38. The molecule has 6 nitrogen and oxygen atoms in total. The molecule has 0 saturated carbocycles. The first-order chi connectivity index (χ1) is 21.5. The number of fused-ring (bicyclic) bond motifs is 1. The van der Waals surface area contributed by atoms with Gasteiger partial charge in [0.2, 0.25) is 5.91 Å². The molecule has 3 atom stereocenters. The van der Waals surface area contributed by atoms with Gasteiger partial charge >= 0.3 is 0 Å². The number of amides is 2. The largest absolute Gasteiger partial charge is 0.375 e. The summed E-state index contributed by atoms with van der Waals surface area (Å²) in [6.07, 6.45) is 4.56. The number of carbonyl (C=O) groups excluding carboxylic acids is 2. The van der Waals surface area contributed by atoms with Gasteiger partial charge in [0.25, 0.3) is 5.91 Å². The summed E-state index contributed by atoms with van der Waals surface area (Å²) in [5, 5.41) is 3.17. The molecule has 2 heterocycles. The summed E-state index contributed by atoms with van der Waals surface area (Å²) in [5.41, 5.74) is 6.99. The van der Waals surface area contributed by atoms with Crippen molar-refractivity contribution in [3.63, 3.8) is 0 Å². The van der Waals surface area contributed by atoms with Crippen LogP contribution in [0.3, 0.4) is 0 Å². The lowest BCUT2D eigenvalue weighted by Crippen LogP contribution is -2.54. The van der Waals surface area contributed by atoms with E-state index in [2.05, 4.69) is 62.2 Å². The molecule has 3 aromatic carbocycles. The Bertz CT molecular complexity index is 1610. The highest BCUT2D eigenvalue weighted by Crippen LogP contribution is 2.39. The van der Waals surface area contributed by atoms with Crippen LogP contribution < -0.4 is 5.32 Å². The Morgan fingerprint density at radius 1 is 1.07 bits per heavy atom. The summed E-state index contributed by atoms with van der Waals surface area (Å²) >= 11 is 0. The van der Waals surface area contributed by atoms with E-state index in [1.54, 1.807) is 24.0 Å². The average molecular weight is 610 g/mol. The standard InChI is InChI=1S/C38H44FN3O3/c1-24-11-14-28-17-18-30(20-32(24)28)40-36(43)31-9-7-19-42(37(44)34-25(2)8-6-10-33(34)39)35(31)29-15-12-27(13-16-29)22-41-21-26(3)45-23-38(41,4)5/h6,8,10-13,15-18,20,26,31,35H,7,9,14,19,21-23H2,1-5H3,(H,40,43)/t26-,31-,35-/m0/s1. The maximum Gasteiger partial charge on any atom is 0.257 e. The fourth-order valence-electron chi connectivity index (χ4n) is 7.13. The highest BCUT2D eigenvalue weighted by atomic mass is 19.1. The number of anilines is 1. The second kappa shape index (κ2) is 12.5. The third-order valence-corrected chi connectivity index (χ3v) is 9.84. The fourth-order valence-corrected chi connectivity index (χ4v) is 7.13. The molecule has 2 amide bonds. The minimum Gasteiger partial charge on any atom is -0.375 e. The predicted octanol–water partition coefficient (Wildman–Crippen LogP) is 7.33. The first-order valence-electron chi connectivity index (χ1n) is 16.1. The van der Waals surface area contributed by atoms with Crippen LogP contribution in [0, 0.1) is 18.7 Å². The molecular formula is C38H44FN3O3. The van der Waals surface area contributed by atoms with Gasteiger partial charge in [0.05, 0.1) is 30.2 Å². The molecule has 0 spiro atoms. The van der Waals surface area contributed by atoms with Crippen LogP contribution in [0.4, 0.5) is 10.1 Å². The number of hydrogen-bond acceptors (Lipinski definition) is 4. The summed E-state index contributed by atoms with van der Waals surface area (Å²) in [6, 6.07) is 18.5. The SMILES string of the molecule is CC1=CCc2ccc(NC(=O)[C@H]3CCCN(C(=O)c4c(C)cccc4F)[C@H]3c3ccc(CN4C[C@H](C)OCC4(C)C)cc3)cc21. The molecule has 236 valence electrons. The lowest BCUT2D eigenvalue weighted by atomic mass is 9.83. The molecule has 1 aliphatic carbocycles. The Kier molecular flexibility index (Phi) is 8.68. The molecule has 0 radical (unpaired) electrons. The number of likely N-dealkylation sites (tertiary alicyclic amines) is 1. The number of carbonyl (C=O) groups is 2. The van der Waals surface area contributed by atoms with Gasteiger partial charge in [0.15, 0.2) is 0 Å². The van der Waals surface area contributed by atoms with E-state index in [9.17, 15) is 9.59 Å². The van der Waals surface area contributed by atoms with E-state index in [4.69, 9.17) is 4.74 Å². The molecule has 6 rings (SSSR count). The van der Waals surface area contributed by atoms with Gasteiger partial charge < -0.3 is 15.0 Å². The number of morpholine rings is 1. The Hall–Kier alpha value is -3.81. The van der Waals surface area contributed by atoms with Crippen molar-refractivity contribution >= 4 is 23.1 Å². The van der Waals surface area contributed by atoms with Crippen molar-refractivity contribution in [2.45, 2.75) is 78.1 Å². The van der Waals surface area contributed by atoms with Crippen molar-refractivity contribution in [1.29, 1.82) is 0 Å². The minimum atomic E-state index is -0.537. The Labute approximate surface area is 266 Å². The van der Waals surface area contributed by atoms with Gasteiger partial charge in [-0.1, -0.05) is 48.5 Å². The Morgan fingerprint density at radius 3 is 2.60 bits per heavy atom. The number of rotatable bonds is 6. The number of nitrogens with one attached hydrogen (secondary N) is 1. The van der Waals surface area contributed by atoms with Crippen molar-refractivity contribution in [1.82, 2.24) is 9.80 Å². The van der Waals surface area contributed by atoms with Crippen LogP contribution >= 0.6 is 0 Å². The maximum atomic E-state index is 15.1. The molecule has 3 aliphatic rings. The zero-order chi connectivity index (χ0) is 31.9. The molecule has 1 N–H and O–H groups in total. The van der Waals surface area contributed by atoms with Gasteiger partial charge in [-0.05, 0) is 105 Å². The van der Waals surface area contributed by atoms with E-state index >= 15 is 4.39 Å². The van der Waals surface area contributed by atoms with Crippen LogP contribution in [-0.4, -0.2) is 53.0 Å². The van der Waals surface area contributed by atoms with Gasteiger partial charge in [-0.25, -0.2) is 4.39 Å². The van der Waals surface area contributed by atoms with E-state index in [1.807, 2.05) is 24.3 Å². The molecule has 2 aliphatic heterocycles. The normalized spacial score (nSPS) is 22.9. The number of hydrogen-bond donors (Lipinski definition) is 1. The summed E-state index contributed by atoms with van der Waals surface area (Å²) in [7, 11) is 0. The zero-order valence-corrected chi connectivity index (χ0v) is 27.0. The first kappa shape index (κ1) is 31.2. The van der Waals surface area contributed by atoms with Crippen LogP contribution in [0.5, 0.6) is 0 Å². The number of allylic oxidation sites excluding steroid dienone is 2. The smallest absolute Gasteiger partial charge is 0.257 e. The van der Waals surface area contributed by atoms with Crippen molar-refractivity contribution in [3.8, 4) is 0 Å². The lowest BCUT2D eigenvalue weighted by Gasteiger charge is -2.44. The number of benzene rings is 3. The molecule has 3 aromatic rings. The minimum absolute atomic E-state index is 0.0738. The second-order valence-electron chi connectivity index (χ2n) is 13.6. The summed E-state index contributed by atoms with van der Waals surface area (Å²) < 4.78 is 21.0.